The number of halogens is 2. The first-order valence-electron chi connectivity index (χ1n) is 6.02. The minimum atomic E-state index is -0.0587. The predicted octanol–water partition coefficient (Wildman–Crippen LogP) is 4.14. The van der Waals surface area contributed by atoms with Gasteiger partial charge in [0.15, 0.2) is 0 Å². The van der Waals surface area contributed by atoms with Crippen LogP contribution in [-0.2, 0) is 11.3 Å². The number of hydrogen-bond acceptors (Lipinski definition) is 3. The van der Waals surface area contributed by atoms with Crippen LogP contribution in [0.5, 0.6) is 5.75 Å². The Labute approximate surface area is 131 Å². The summed E-state index contributed by atoms with van der Waals surface area (Å²) < 4.78 is 5.45. The molecular formula is C14H13Cl2NO2S. The number of amides is 1. The number of ether oxygens (including phenoxy) is 1. The van der Waals surface area contributed by atoms with Crippen molar-refractivity contribution in [2.24, 2.45) is 0 Å². The molecule has 1 aromatic carbocycles. The molecule has 6 heteroatoms. The molecule has 0 radical (unpaired) electrons. The molecule has 0 unspecified atom stereocenters. The highest BCUT2D eigenvalue weighted by Gasteiger charge is 2.05. The maximum Gasteiger partial charge on any atom is 0.223 e. The van der Waals surface area contributed by atoms with Crippen molar-refractivity contribution in [3.05, 3.63) is 50.6 Å². The molecule has 2 aromatic rings. The fourth-order valence-electron chi connectivity index (χ4n) is 1.53. The van der Waals surface area contributed by atoms with Crippen LogP contribution in [0.1, 0.15) is 11.3 Å². The summed E-state index contributed by atoms with van der Waals surface area (Å²) in [4.78, 5) is 12.8. The number of thiophene rings is 1. The third kappa shape index (κ3) is 4.71. The summed E-state index contributed by atoms with van der Waals surface area (Å²) in [7, 11) is 0. The SMILES string of the molecule is O=C(CCOc1cc(Cl)ccc1Cl)NCc1cccs1. The molecule has 0 bridgehead atoms. The van der Waals surface area contributed by atoms with Gasteiger partial charge in [0, 0.05) is 16.0 Å². The van der Waals surface area contributed by atoms with Crippen LogP contribution in [-0.4, -0.2) is 12.5 Å². The smallest absolute Gasteiger partial charge is 0.223 e. The van der Waals surface area contributed by atoms with E-state index in [0.717, 1.165) is 4.88 Å². The van der Waals surface area contributed by atoms with Crippen LogP contribution < -0.4 is 10.1 Å². The summed E-state index contributed by atoms with van der Waals surface area (Å²) in [5.41, 5.74) is 0. The second-order valence-electron chi connectivity index (χ2n) is 4.03. The van der Waals surface area contributed by atoms with E-state index in [-0.39, 0.29) is 18.9 Å². The molecule has 0 fully saturated rings. The van der Waals surface area contributed by atoms with Crippen LogP contribution in [0.3, 0.4) is 0 Å². The van der Waals surface area contributed by atoms with Gasteiger partial charge in [-0.2, -0.15) is 0 Å². The van der Waals surface area contributed by atoms with Gasteiger partial charge in [-0.1, -0.05) is 29.3 Å². The Kier molecular flexibility index (Phi) is 5.71. The molecule has 0 aliphatic heterocycles. The Hall–Kier alpha value is -1.23. The lowest BCUT2D eigenvalue weighted by atomic mass is 10.3. The third-order valence-corrected chi connectivity index (χ3v) is 3.94. The maximum absolute atomic E-state index is 11.6. The Morgan fingerprint density at radius 1 is 1.30 bits per heavy atom. The molecule has 0 saturated carbocycles. The number of nitrogens with one attached hydrogen (secondary N) is 1. The molecule has 2 rings (SSSR count). The minimum Gasteiger partial charge on any atom is -0.491 e. The van der Waals surface area contributed by atoms with Gasteiger partial charge >= 0.3 is 0 Å². The van der Waals surface area contributed by atoms with Gasteiger partial charge in [-0.3, -0.25) is 4.79 Å². The maximum atomic E-state index is 11.6. The first kappa shape index (κ1) is 15.2. The van der Waals surface area contributed by atoms with E-state index in [0.29, 0.717) is 22.3 Å². The van der Waals surface area contributed by atoms with E-state index in [1.807, 2.05) is 17.5 Å². The Morgan fingerprint density at radius 3 is 2.90 bits per heavy atom. The van der Waals surface area contributed by atoms with Gasteiger partial charge in [-0.15, -0.1) is 11.3 Å². The van der Waals surface area contributed by atoms with Crippen LogP contribution in [0.15, 0.2) is 35.7 Å². The molecule has 3 nitrogen and oxygen atoms in total. The van der Waals surface area contributed by atoms with Crippen LogP contribution in [0.25, 0.3) is 0 Å². The molecule has 106 valence electrons. The number of carbonyl (C=O) groups is 1. The monoisotopic (exact) mass is 329 g/mol. The van der Waals surface area contributed by atoms with Crippen molar-refractivity contribution < 1.29 is 9.53 Å². The standard InChI is InChI=1S/C14H13Cl2NO2S/c15-10-3-4-12(16)13(8-10)19-6-5-14(18)17-9-11-2-1-7-20-11/h1-4,7-8H,5-6,9H2,(H,17,18). The molecule has 1 N–H and O–H groups in total. The normalized spacial score (nSPS) is 10.3. The summed E-state index contributed by atoms with van der Waals surface area (Å²) in [6.45, 7) is 0.810. The molecule has 1 amide bonds. The number of carbonyl (C=O) groups excluding carboxylic acids is 1. The van der Waals surface area contributed by atoms with Crippen LogP contribution in [0, 0.1) is 0 Å². The fourth-order valence-corrected chi connectivity index (χ4v) is 2.51. The molecule has 0 aliphatic rings. The van der Waals surface area contributed by atoms with Gasteiger partial charge in [0.1, 0.15) is 5.75 Å². The number of rotatable bonds is 6. The summed E-state index contributed by atoms with van der Waals surface area (Å²) in [5.74, 6) is 0.432. The summed E-state index contributed by atoms with van der Waals surface area (Å²) in [6.07, 6.45) is 0.272. The third-order valence-electron chi connectivity index (χ3n) is 2.52. The zero-order valence-corrected chi connectivity index (χ0v) is 12.9. The molecule has 1 heterocycles. The summed E-state index contributed by atoms with van der Waals surface area (Å²) in [5, 5.41) is 5.84. The minimum absolute atomic E-state index is 0.0587. The second kappa shape index (κ2) is 7.53. The van der Waals surface area contributed by atoms with Gasteiger partial charge in [0.05, 0.1) is 24.6 Å². The topological polar surface area (TPSA) is 38.3 Å². The van der Waals surface area contributed by atoms with E-state index >= 15 is 0 Å². The molecule has 0 atom stereocenters. The predicted molar refractivity (Wildman–Crippen MR) is 82.7 cm³/mol. The molecule has 1 aromatic heterocycles. The van der Waals surface area contributed by atoms with Gasteiger partial charge in [0.25, 0.3) is 0 Å². The zero-order chi connectivity index (χ0) is 14.4. The van der Waals surface area contributed by atoms with Gasteiger partial charge in [0.2, 0.25) is 5.91 Å². The van der Waals surface area contributed by atoms with E-state index in [4.69, 9.17) is 27.9 Å². The van der Waals surface area contributed by atoms with Crippen molar-refractivity contribution >= 4 is 40.4 Å². The fraction of sp³-hybridized carbons (Fsp3) is 0.214. The van der Waals surface area contributed by atoms with Crippen LogP contribution in [0.4, 0.5) is 0 Å². The highest BCUT2D eigenvalue weighted by Crippen LogP contribution is 2.27. The summed E-state index contributed by atoms with van der Waals surface area (Å²) >= 11 is 13.4. The Bertz CT molecular complexity index is 573. The Balaban J connectivity index is 1.72. The van der Waals surface area contributed by atoms with Crippen LogP contribution in [0.2, 0.25) is 10.0 Å². The van der Waals surface area contributed by atoms with Crippen molar-refractivity contribution in [2.75, 3.05) is 6.61 Å². The molecule has 0 aliphatic carbocycles. The van der Waals surface area contributed by atoms with E-state index in [9.17, 15) is 4.79 Å². The highest BCUT2D eigenvalue weighted by atomic mass is 35.5. The van der Waals surface area contributed by atoms with E-state index < -0.39 is 0 Å². The highest BCUT2D eigenvalue weighted by molar-refractivity contribution is 7.09. The quantitative estimate of drug-likeness (QED) is 0.864. The lowest BCUT2D eigenvalue weighted by molar-refractivity contribution is -0.121. The summed E-state index contributed by atoms with van der Waals surface area (Å²) in [6, 6.07) is 8.91. The van der Waals surface area contributed by atoms with E-state index in [1.54, 1.807) is 29.5 Å². The molecular weight excluding hydrogens is 317 g/mol. The lowest BCUT2D eigenvalue weighted by Gasteiger charge is -2.08. The van der Waals surface area contributed by atoms with Crippen molar-refractivity contribution in [3.63, 3.8) is 0 Å². The molecule has 20 heavy (non-hydrogen) atoms. The average Bonchev–Trinajstić information content (AvgIpc) is 2.93. The first-order valence-corrected chi connectivity index (χ1v) is 7.65. The molecule has 0 saturated heterocycles. The average molecular weight is 330 g/mol. The van der Waals surface area contributed by atoms with Gasteiger partial charge < -0.3 is 10.1 Å². The zero-order valence-electron chi connectivity index (χ0n) is 10.6. The van der Waals surface area contributed by atoms with Gasteiger partial charge in [-0.25, -0.2) is 0 Å². The van der Waals surface area contributed by atoms with Crippen molar-refractivity contribution in [3.8, 4) is 5.75 Å². The first-order chi connectivity index (χ1) is 9.65. The van der Waals surface area contributed by atoms with E-state index in [2.05, 4.69) is 5.32 Å². The number of hydrogen-bond donors (Lipinski definition) is 1. The number of benzene rings is 1. The second-order valence-corrected chi connectivity index (χ2v) is 5.91. The molecule has 0 spiro atoms. The van der Waals surface area contributed by atoms with Crippen molar-refractivity contribution in [2.45, 2.75) is 13.0 Å². The van der Waals surface area contributed by atoms with Crippen molar-refractivity contribution in [1.29, 1.82) is 0 Å². The van der Waals surface area contributed by atoms with Crippen LogP contribution >= 0.6 is 34.5 Å². The Morgan fingerprint density at radius 2 is 2.15 bits per heavy atom. The van der Waals surface area contributed by atoms with Gasteiger partial charge in [-0.05, 0) is 23.6 Å². The van der Waals surface area contributed by atoms with E-state index in [1.165, 1.54) is 0 Å². The lowest BCUT2D eigenvalue weighted by Crippen LogP contribution is -2.24. The largest absolute Gasteiger partial charge is 0.491 e. The van der Waals surface area contributed by atoms with Crippen molar-refractivity contribution in [1.82, 2.24) is 5.32 Å².